The first-order valence-electron chi connectivity index (χ1n) is 11.0. The zero-order chi connectivity index (χ0) is 22.8. The van der Waals surface area contributed by atoms with E-state index in [1.807, 2.05) is 35.0 Å². The maximum absolute atomic E-state index is 14.0. The topological polar surface area (TPSA) is 54.7 Å². The van der Waals surface area contributed by atoms with E-state index < -0.39 is 0 Å². The molecule has 3 heterocycles. The number of aromatic amines is 1. The third-order valence-electron chi connectivity index (χ3n) is 6.03. The number of piperidine rings is 1. The molecule has 2 aromatic heterocycles. The molecule has 1 aliphatic heterocycles. The number of nitrogens with zero attached hydrogens (tertiary/aromatic N) is 5. The molecule has 0 aliphatic carbocycles. The van der Waals surface area contributed by atoms with E-state index in [1.54, 1.807) is 16.8 Å². The number of hydrogen-bond donors (Lipinski definition) is 1. The van der Waals surface area contributed by atoms with Crippen LogP contribution in [0.3, 0.4) is 0 Å². The maximum atomic E-state index is 14.0. The first-order valence-corrected chi connectivity index (χ1v) is 11.4. The van der Waals surface area contributed by atoms with E-state index in [0.717, 1.165) is 43.9 Å². The summed E-state index contributed by atoms with van der Waals surface area (Å²) in [5.74, 6) is 1.22. The lowest BCUT2D eigenvalue weighted by Crippen LogP contribution is -2.34. The van der Waals surface area contributed by atoms with Crippen LogP contribution in [0.5, 0.6) is 0 Å². The van der Waals surface area contributed by atoms with E-state index in [-0.39, 0.29) is 17.6 Å². The lowest BCUT2D eigenvalue weighted by atomic mass is 9.96. The molecular weight excluding hydrogens is 442 g/mol. The molecule has 6 nitrogen and oxygen atoms in total. The Morgan fingerprint density at radius 2 is 1.85 bits per heavy atom. The summed E-state index contributed by atoms with van der Waals surface area (Å²) in [5.41, 5.74) is 1.66. The molecule has 33 heavy (non-hydrogen) atoms. The molecule has 9 heteroatoms. The maximum Gasteiger partial charge on any atom is 0.201 e. The van der Waals surface area contributed by atoms with Crippen LogP contribution in [0.15, 0.2) is 60.8 Å². The fourth-order valence-corrected chi connectivity index (χ4v) is 4.65. The lowest BCUT2D eigenvalue weighted by Gasteiger charge is -2.32. The van der Waals surface area contributed by atoms with Crippen molar-refractivity contribution >= 4 is 12.2 Å². The van der Waals surface area contributed by atoms with Gasteiger partial charge in [-0.15, -0.1) is 0 Å². The minimum absolute atomic E-state index is 0.184. The van der Waals surface area contributed by atoms with Crippen LogP contribution >= 0.6 is 12.2 Å². The van der Waals surface area contributed by atoms with Crippen LogP contribution in [0.1, 0.15) is 35.7 Å². The fourth-order valence-electron chi connectivity index (χ4n) is 4.42. The van der Waals surface area contributed by atoms with Crippen LogP contribution in [0.4, 0.5) is 8.78 Å². The number of likely N-dealkylation sites (tertiary alicyclic amines) is 1. The second kappa shape index (κ2) is 9.36. The summed E-state index contributed by atoms with van der Waals surface area (Å²) in [4.78, 5) is 2.36. The second-order valence-corrected chi connectivity index (χ2v) is 8.77. The van der Waals surface area contributed by atoms with Gasteiger partial charge >= 0.3 is 0 Å². The molecule has 0 saturated carbocycles. The van der Waals surface area contributed by atoms with Crippen molar-refractivity contribution in [2.75, 3.05) is 13.1 Å². The average molecular weight is 467 g/mol. The SMILES string of the molecule is Fc1ccc(CN2CCC[C@H](c3n[nH]c(=S)n3-c3ccn(Cc4ccccc4F)n3)C2)cc1. The Balaban J connectivity index is 1.35. The Morgan fingerprint density at radius 1 is 1.03 bits per heavy atom. The summed E-state index contributed by atoms with van der Waals surface area (Å²) in [6, 6.07) is 15.2. The van der Waals surface area contributed by atoms with Gasteiger partial charge in [0.25, 0.3) is 0 Å². The number of halogens is 2. The highest BCUT2D eigenvalue weighted by Gasteiger charge is 2.27. The van der Waals surface area contributed by atoms with Gasteiger partial charge in [-0.05, 0) is 55.4 Å². The van der Waals surface area contributed by atoms with Crippen molar-refractivity contribution in [3.63, 3.8) is 0 Å². The Morgan fingerprint density at radius 3 is 2.67 bits per heavy atom. The van der Waals surface area contributed by atoms with Gasteiger partial charge in [-0.25, -0.2) is 8.78 Å². The standard InChI is InChI=1S/C24H24F2N6S/c25-20-9-7-17(8-10-20)14-30-12-3-5-19(15-30)23-27-28-24(33)32(23)22-11-13-31(29-22)16-18-4-1-2-6-21(18)26/h1-2,4,6-11,13,19H,3,5,12,14-16H2,(H,28,33)/t19-/m0/s1. The molecule has 1 aliphatic rings. The third kappa shape index (κ3) is 4.79. The molecule has 0 radical (unpaired) electrons. The second-order valence-electron chi connectivity index (χ2n) is 8.39. The summed E-state index contributed by atoms with van der Waals surface area (Å²) < 4.78 is 31.3. The summed E-state index contributed by atoms with van der Waals surface area (Å²) in [6.07, 6.45) is 3.85. The molecule has 2 aromatic carbocycles. The fraction of sp³-hybridized carbons (Fsp3) is 0.292. The van der Waals surface area contributed by atoms with Gasteiger partial charge in [0.15, 0.2) is 5.82 Å². The smallest absolute Gasteiger partial charge is 0.201 e. The molecule has 0 unspecified atom stereocenters. The van der Waals surface area contributed by atoms with Crippen molar-refractivity contribution in [3.8, 4) is 5.82 Å². The normalized spacial score (nSPS) is 16.8. The van der Waals surface area contributed by atoms with E-state index in [9.17, 15) is 8.78 Å². The summed E-state index contributed by atoms with van der Waals surface area (Å²) >= 11 is 5.52. The Labute approximate surface area is 195 Å². The van der Waals surface area contributed by atoms with Crippen molar-refractivity contribution in [1.29, 1.82) is 0 Å². The van der Waals surface area contributed by atoms with Gasteiger partial charge in [0.1, 0.15) is 17.5 Å². The van der Waals surface area contributed by atoms with Gasteiger partial charge in [0.05, 0.1) is 6.54 Å². The van der Waals surface area contributed by atoms with Crippen molar-refractivity contribution < 1.29 is 8.78 Å². The molecule has 1 atom stereocenters. The van der Waals surface area contributed by atoms with Crippen molar-refractivity contribution in [2.45, 2.75) is 31.8 Å². The molecule has 1 saturated heterocycles. The predicted molar refractivity (Wildman–Crippen MR) is 124 cm³/mol. The van der Waals surface area contributed by atoms with E-state index in [0.29, 0.717) is 22.7 Å². The number of nitrogens with one attached hydrogen (secondary N) is 1. The molecule has 0 amide bonds. The summed E-state index contributed by atoms with van der Waals surface area (Å²) in [7, 11) is 0. The predicted octanol–water partition coefficient (Wildman–Crippen LogP) is 4.83. The monoisotopic (exact) mass is 466 g/mol. The highest BCUT2D eigenvalue weighted by molar-refractivity contribution is 7.71. The van der Waals surface area contributed by atoms with Crippen LogP contribution < -0.4 is 0 Å². The number of aromatic nitrogens is 5. The highest BCUT2D eigenvalue weighted by Crippen LogP contribution is 2.28. The van der Waals surface area contributed by atoms with Crippen molar-refractivity contribution in [3.05, 3.63) is 94.2 Å². The zero-order valence-corrected chi connectivity index (χ0v) is 18.8. The van der Waals surface area contributed by atoms with Gasteiger partial charge < -0.3 is 0 Å². The number of rotatable bonds is 6. The highest BCUT2D eigenvalue weighted by atomic mass is 32.1. The minimum atomic E-state index is -0.251. The number of H-pyrrole nitrogens is 1. The third-order valence-corrected chi connectivity index (χ3v) is 6.31. The van der Waals surface area contributed by atoms with Gasteiger partial charge in [-0.2, -0.15) is 10.2 Å². The Bertz CT molecular complexity index is 1290. The van der Waals surface area contributed by atoms with Gasteiger partial charge in [0, 0.05) is 36.8 Å². The van der Waals surface area contributed by atoms with Gasteiger partial charge in [0.2, 0.25) is 4.77 Å². The Kier molecular flexibility index (Phi) is 6.15. The molecule has 5 rings (SSSR count). The number of benzene rings is 2. The first-order chi connectivity index (χ1) is 16.1. The molecule has 1 fully saturated rings. The quantitative estimate of drug-likeness (QED) is 0.414. The van der Waals surface area contributed by atoms with Crippen LogP contribution in [-0.4, -0.2) is 42.5 Å². The van der Waals surface area contributed by atoms with Crippen LogP contribution in [-0.2, 0) is 13.1 Å². The molecule has 4 aromatic rings. The van der Waals surface area contributed by atoms with Crippen molar-refractivity contribution in [2.24, 2.45) is 0 Å². The van der Waals surface area contributed by atoms with E-state index in [4.69, 9.17) is 12.2 Å². The van der Waals surface area contributed by atoms with Crippen molar-refractivity contribution in [1.82, 2.24) is 29.4 Å². The van der Waals surface area contributed by atoms with Crippen LogP contribution in [0.2, 0.25) is 0 Å². The van der Waals surface area contributed by atoms with Crippen LogP contribution in [0.25, 0.3) is 5.82 Å². The average Bonchev–Trinajstić information content (AvgIpc) is 3.43. The lowest BCUT2D eigenvalue weighted by molar-refractivity contribution is 0.195. The molecule has 1 N–H and O–H groups in total. The minimum Gasteiger partial charge on any atom is -0.298 e. The molecule has 0 spiro atoms. The largest absolute Gasteiger partial charge is 0.298 e. The first kappa shape index (κ1) is 21.7. The summed E-state index contributed by atoms with van der Waals surface area (Å²) in [5, 5.41) is 12.1. The number of hydrogen-bond acceptors (Lipinski definition) is 4. The van der Waals surface area contributed by atoms with Crippen LogP contribution in [0, 0.1) is 16.4 Å². The van der Waals surface area contributed by atoms with Gasteiger partial charge in [-0.3, -0.25) is 19.2 Å². The summed E-state index contributed by atoms with van der Waals surface area (Å²) in [6.45, 7) is 2.91. The van der Waals surface area contributed by atoms with Gasteiger partial charge in [-0.1, -0.05) is 30.3 Å². The van der Waals surface area contributed by atoms with E-state index in [2.05, 4.69) is 20.2 Å². The molecule has 0 bridgehead atoms. The van der Waals surface area contributed by atoms with E-state index in [1.165, 1.54) is 18.2 Å². The molecule has 170 valence electrons. The molecular formula is C24H24F2N6S. The Hall–Kier alpha value is -3.17. The van der Waals surface area contributed by atoms with E-state index >= 15 is 0 Å². The zero-order valence-electron chi connectivity index (χ0n) is 18.0.